The second kappa shape index (κ2) is 8.46. The molecule has 1 N–H and O–H groups in total. The second-order valence-corrected chi connectivity index (χ2v) is 9.22. The van der Waals surface area contributed by atoms with Crippen molar-refractivity contribution in [2.24, 2.45) is 5.92 Å². The van der Waals surface area contributed by atoms with Crippen molar-refractivity contribution in [3.05, 3.63) is 65.2 Å². The molecule has 0 saturated carbocycles. The third-order valence-electron chi connectivity index (χ3n) is 6.74. The lowest BCUT2D eigenvalue weighted by Gasteiger charge is -2.43. The summed E-state index contributed by atoms with van der Waals surface area (Å²) in [5.74, 6) is -2.08. The average Bonchev–Trinajstić information content (AvgIpc) is 3.26. The number of fused-ring (bicyclic) bond motifs is 2. The van der Waals surface area contributed by atoms with E-state index in [0.29, 0.717) is 12.0 Å². The molecule has 1 aromatic carbocycles. The number of aromatic nitrogens is 1. The van der Waals surface area contributed by atoms with Crippen molar-refractivity contribution >= 4 is 5.91 Å². The summed E-state index contributed by atoms with van der Waals surface area (Å²) in [5.41, 5.74) is -1.81. The van der Waals surface area contributed by atoms with E-state index in [4.69, 9.17) is 0 Å². The summed E-state index contributed by atoms with van der Waals surface area (Å²) in [5, 5.41) is 2.92. The van der Waals surface area contributed by atoms with Crippen LogP contribution in [0.4, 0.5) is 17.6 Å². The maximum absolute atomic E-state index is 14.6. The van der Waals surface area contributed by atoms with Gasteiger partial charge in [0.05, 0.1) is 11.6 Å². The van der Waals surface area contributed by atoms with Crippen LogP contribution >= 0.6 is 0 Å². The van der Waals surface area contributed by atoms with Gasteiger partial charge in [0.1, 0.15) is 0 Å². The summed E-state index contributed by atoms with van der Waals surface area (Å²) in [6, 6.07) is 10.4. The minimum atomic E-state index is -4.98. The highest BCUT2D eigenvalue weighted by Crippen LogP contribution is 2.53. The van der Waals surface area contributed by atoms with Crippen molar-refractivity contribution in [3.8, 4) is 0 Å². The smallest absolute Gasteiger partial charge is 0.343 e. The number of hydrogen-bond acceptors (Lipinski definition) is 3. The van der Waals surface area contributed by atoms with Crippen LogP contribution in [0.1, 0.15) is 67.2 Å². The van der Waals surface area contributed by atoms with Crippen molar-refractivity contribution in [1.82, 2.24) is 15.2 Å². The molecule has 2 aromatic rings. The molecule has 4 nitrogen and oxygen atoms in total. The van der Waals surface area contributed by atoms with Crippen LogP contribution in [0.5, 0.6) is 0 Å². The molecule has 1 aromatic heterocycles. The Morgan fingerprint density at radius 3 is 2.44 bits per heavy atom. The summed E-state index contributed by atoms with van der Waals surface area (Å²) in [6.45, 7) is 5.16. The lowest BCUT2D eigenvalue weighted by molar-refractivity contribution is -0.143. The first-order chi connectivity index (χ1) is 15.1. The number of halogens is 4. The molecule has 172 valence electrons. The minimum absolute atomic E-state index is 0.345. The maximum atomic E-state index is 14.6. The molecule has 0 aliphatic carbocycles. The Labute approximate surface area is 185 Å². The second-order valence-electron chi connectivity index (χ2n) is 9.22. The van der Waals surface area contributed by atoms with Crippen LogP contribution in [0.3, 0.4) is 0 Å². The summed E-state index contributed by atoms with van der Waals surface area (Å²) in [4.78, 5) is 18.7. The van der Waals surface area contributed by atoms with Gasteiger partial charge in [0, 0.05) is 24.3 Å². The molecule has 1 atom stereocenters. The number of nitrogens with one attached hydrogen (secondary N) is 1. The Kier molecular flexibility index (Phi) is 6.00. The third kappa shape index (κ3) is 4.00. The molecule has 3 heterocycles. The molecule has 2 aliphatic heterocycles. The van der Waals surface area contributed by atoms with E-state index < -0.39 is 35.2 Å². The van der Waals surface area contributed by atoms with Crippen LogP contribution < -0.4 is 5.32 Å². The standard InChI is InChI=1S/C24H27F4N3O/c1-15(2)14-31-17-8-11-23(31,12-9-17)20(16-6-4-3-5-7-16)30-22(32)18-10-13-29-21(19(18)25)24(26,27)28/h3-7,10,13,15,17,20H,8-9,11-12,14H2,1-2H3,(H,30,32). The van der Waals surface area contributed by atoms with Crippen LogP contribution in [0.2, 0.25) is 0 Å². The predicted octanol–water partition coefficient (Wildman–Crippen LogP) is 5.36. The van der Waals surface area contributed by atoms with Gasteiger partial charge < -0.3 is 5.32 Å². The molecule has 4 rings (SSSR count). The fraction of sp³-hybridized carbons (Fsp3) is 0.500. The highest BCUT2D eigenvalue weighted by molar-refractivity contribution is 5.95. The van der Waals surface area contributed by atoms with E-state index in [1.54, 1.807) is 0 Å². The summed E-state index contributed by atoms with van der Waals surface area (Å²) in [7, 11) is 0. The number of pyridine rings is 1. The fourth-order valence-corrected chi connectivity index (χ4v) is 5.44. The van der Waals surface area contributed by atoms with Crippen LogP contribution in [-0.4, -0.2) is 33.9 Å². The number of hydrogen-bond donors (Lipinski definition) is 1. The fourth-order valence-electron chi connectivity index (χ4n) is 5.44. The van der Waals surface area contributed by atoms with Gasteiger partial charge in [0.15, 0.2) is 11.5 Å². The normalized spacial score (nSPS) is 24.2. The molecular formula is C24H27F4N3O. The number of benzene rings is 1. The average molecular weight is 449 g/mol. The van der Waals surface area contributed by atoms with E-state index in [2.05, 4.69) is 29.0 Å². The van der Waals surface area contributed by atoms with Gasteiger partial charge in [-0.05, 0) is 43.2 Å². The van der Waals surface area contributed by atoms with Crippen LogP contribution in [-0.2, 0) is 6.18 Å². The Morgan fingerprint density at radius 2 is 1.84 bits per heavy atom. The van der Waals surface area contributed by atoms with E-state index in [9.17, 15) is 22.4 Å². The van der Waals surface area contributed by atoms with Crippen molar-refractivity contribution in [2.75, 3.05) is 6.54 Å². The lowest BCUT2D eigenvalue weighted by Crippen LogP contribution is -2.53. The monoisotopic (exact) mass is 449 g/mol. The SMILES string of the molecule is CC(C)CN1C2CCC1(C(NC(=O)c1ccnc(C(F)(F)F)c1F)c1ccccc1)CC2. The number of amides is 1. The molecule has 2 fully saturated rings. The van der Waals surface area contributed by atoms with E-state index in [0.717, 1.165) is 50.1 Å². The van der Waals surface area contributed by atoms with Gasteiger partial charge in [-0.15, -0.1) is 0 Å². The van der Waals surface area contributed by atoms with E-state index in [-0.39, 0.29) is 5.54 Å². The Hall–Kier alpha value is -2.48. The van der Waals surface area contributed by atoms with Crippen molar-refractivity contribution < 1.29 is 22.4 Å². The molecule has 8 heteroatoms. The van der Waals surface area contributed by atoms with Crippen LogP contribution in [0, 0.1) is 11.7 Å². The van der Waals surface area contributed by atoms with Crippen LogP contribution in [0.15, 0.2) is 42.6 Å². The number of alkyl halides is 3. The third-order valence-corrected chi connectivity index (χ3v) is 6.74. The lowest BCUT2D eigenvalue weighted by atomic mass is 9.78. The van der Waals surface area contributed by atoms with Gasteiger partial charge in [-0.2, -0.15) is 13.2 Å². The summed E-state index contributed by atoms with van der Waals surface area (Å²) >= 11 is 0. The first-order valence-corrected chi connectivity index (χ1v) is 11.0. The zero-order chi connectivity index (χ0) is 23.1. The van der Waals surface area contributed by atoms with E-state index in [1.807, 2.05) is 30.3 Å². The zero-order valence-corrected chi connectivity index (χ0v) is 18.1. The molecule has 2 aliphatic rings. The minimum Gasteiger partial charge on any atom is -0.343 e. The number of carbonyl (C=O) groups excluding carboxylic acids is 1. The Balaban J connectivity index is 1.72. The van der Waals surface area contributed by atoms with Gasteiger partial charge in [-0.25, -0.2) is 9.37 Å². The number of carbonyl (C=O) groups is 1. The maximum Gasteiger partial charge on any atom is 0.436 e. The number of nitrogens with zero attached hydrogens (tertiary/aromatic N) is 2. The largest absolute Gasteiger partial charge is 0.436 e. The quantitative estimate of drug-likeness (QED) is 0.604. The predicted molar refractivity (Wildman–Crippen MR) is 112 cm³/mol. The van der Waals surface area contributed by atoms with Crippen molar-refractivity contribution in [3.63, 3.8) is 0 Å². The van der Waals surface area contributed by atoms with Crippen LogP contribution in [0.25, 0.3) is 0 Å². The summed E-state index contributed by atoms with van der Waals surface area (Å²) < 4.78 is 54.0. The molecule has 0 spiro atoms. The topological polar surface area (TPSA) is 45.2 Å². The number of rotatable bonds is 6. The zero-order valence-electron chi connectivity index (χ0n) is 18.1. The van der Waals surface area contributed by atoms with E-state index >= 15 is 0 Å². The molecule has 2 saturated heterocycles. The van der Waals surface area contributed by atoms with E-state index in [1.165, 1.54) is 0 Å². The van der Waals surface area contributed by atoms with Gasteiger partial charge in [0.25, 0.3) is 5.91 Å². The van der Waals surface area contributed by atoms with Gasteiger partial charge in [0.2, 0.25) is 0 Å². The molecule has 0 radical (unpaired) electrons. The molecular weight excluding hydrogens is 422 g/mol. The highest BCUT2D eigenvalue weighted by Gasteiger charge is 2.56. The van der Waals surface area contributed by atoms with Crippen molar-refractivity contribution in [2.45, 2.75) is 63.3 Å². The molecule has 1 unspecified atom stereocenters. The van der Waals surface area contributed by atoms with Gasteiger partial charge in [-0.3, -0.25) is 9.69 Å². The van der Waals surface area contributed by atoms with Crippen molar-refractivity contribution in [1.29, 1.82) is 0 Å². The molecule has 1 amide bonds. The molecule has 2 bridgehead atoms. The highest BCUT2D eigenvalue weighted by atomic mass is 19.4. The van der Waals surface area contributed by atoms with Gasteiger partial charge in [-0.1, -0.05) is 44.2 Å². The Morgan fingerprint density at radius 1 is 1.19 bits per heavy atom. The first-order valence-electron chi connectivity index (χ1n) is 11.0. The molecule has 32 heavy (non-hydrogen) atoms. The summed E-state index contributed by atoms with van der Waals surface area (Å²) in [6.07, 6.45) is -0.395. The first kappa shape index (κ1) is 22.7. The Bertz CT molecular complexity index is 969. The van der Waals surface area contributed by atoms with Gasteiger partial charge >= 0.3 is 6.18 Å².